The van der Waals surface area contributed by atoms with Gasteiger partial charge in [-0.15, -0.1) is 0 Å². The van der Waals surface area contributed by atoms with Crippen molar-refractivity contribution in [2.45, 2.75) is 20.8 Å². The summed E-state index contributed by atoms with van der Waals surface area (Å²) in [7, 11) is 0. The molecule has 1 N–H and O–H groups in total. The maximum Gasteiger partial charge on any atom is 0.341 e. The zero-order valence-electron chi connectivity index (χ0n) is 11.0. The summed E-state index contributed by atoms with van der Waals surface area (Å²) in [6.07, 6.45) is 1.66. The second-order valence-electron chi connectivity index (χ2n) is 3.99. The van der Waals surface area contributed by atoms with Gasteiger partial charge in [0.05, 0.1) is 0 Å². The first kappa shape index (κ1) is 15.8. The molecule has 0 saturated heterocycles. The van der Waals surface area contributed by atoms with Gasteiger partial charge in [-0.3, -0.25) is 0 Å². The molecule has 19 heavy (non-hydrogen) atoms. The molecule has 0 aliphatic rings. The molecule has 0 radical (unpaired) electrons. The van der Waals surface area contributed by atoms with Crippen LogP contribution >= 0.6 is 22.7 Å². The summed E-state index contributed by atoms with van der Waals surface area (Å²) in [5.41, 5.74) is 3.31. The van der Waals surface area contributed by atoms with Gasteiger partial charge < -0.3 is 14.0 Å². The molecule has 0 fully saturated rings. The molecule has 0 aliphatic carbocycles. The monoisotopic (exact) mass is 300 g/mol. The fourth-order valence-electron chi connectivity index (χ4n) is 1.86. The van der Waals surface area contributed by atoms with Gasteiger partial charge in [0, 0.05) is 11.1 Å². The predicted molar refractivity (Wildman–Crippen MR) is 81.1 cm³/mol. The second kappa shape index (κ2) is 6.77. The van der Waals surface area contributed by atoms with Crippen molar-refractivity contribution in [2.75, 3.05) is 6.61 Å². The van der Waals surface area contributed by atoms with Gasteiger partial charge in [-0.2, -0.15) is 0 Å². The quantitative estimate of drug-likeness (QED) is 0.478. The zero-order chi connectivity index (χ0) is 14.6. The Morgan fingerprint density at radius 1 is 1.32 bits per heavy atom. The number of benzene rings is 1. The molecule has 1 aromatic rings. The lowest BCUT2D eigenvalue weighted by Crippen LogP contribution is -2.12. The molecule has 0 saturated carbocycles. The van der Waals surface area contributed by atoms with Crippen LogP contribution in [-0.2, 0) is 4.79 Å². The highest BCUT2D eigenvalue weighted by Gasteiger charge is 2.18. The largest absolute Gasteiger partial charge is 0.481 e. The number of carboxylic acids is 1. The van der Waals surface area contributed by atoms with Gasteiger partial charge in [0.1, 0.15) is 22.6 Å². The van der Waals surface area contributed by atoms with Crippen molar-refractivity contribution in [3.05, 3.63) is 28.8 Å². The third-order valence-electron chi connectivity index (χ3n) is 2.90. The Morgan fingerprint density at radius 2 is 1.89 bits per heavy atom. The maximum absolute atomic E-state index is 10.6. The third kappa shape index (κ3) is 3.39. The predicted octanol–water partition coefficient (Wildman–Crippen LogP) is 3.59. The summed E-state index contributed by atoms with van der Waals surface area (Å²) in [5.74, 6) is 0.224. The van der Waals surface area contributed by atoms with Crippen molar-refractivity contribution in [1.29, 1.82) is 0 Å². The van der Waals surface area contributed by atoms with Crippen LogP contribution in [0, 0.1) is 20.8 Å². The van der Waals surface area contributed by atoms with Crippen molar-refractivity contribution in [3.63, 3.8) is 0 Å². The van der Waals surface area contributed by atoms with Gasteiger partial charge in [-0.25, -0.2) is 4.79 Å². The number of rotatable bonds is 6. The van der Waals surface area contributed by atoms with E-state index in [1.54, 1.807) is 6.08 Å². The van der Waals surface area contributed by atoms with Crippen molar-refractivity contribution in [2.24, 2.45) is 0 Å². The van der Waals surface area contributed by atoms with Crippen LogP contribution in [0.5, 0.6) is 11.5 Å². The average Bonchev–Trinajstić information content (AvgIpc) is 2.36. The van der Waals surface area contributed by atoms with Crippen molar-refractivity contribution >= 4 is 34.8 Å². The minimum atomic E-state index is -1.01. The highest BCUT2D eigenvalue weighted by molar-refractivity contribution is 8.66. The molecule has 6 heteroatoms. The molecular formula is C13H16O4S2. The van der Waals surface area contributed by atoms with Gasteiger partial charge in [-0.05, 0) is 31.9 Å². The lowest BCUT2D eigenvalue weighted by Gasteiger charge is -2.19. The van der Waals surface area contributed by atoms with E-state index in [2.05, 4.69) is 18.2 Å². The number of carboxylic acid groups (broad SMARTS) is 1. The van der Waals surface area contributed by atoms with E-state index in [1.807, 2.05) is 20.8 Å². The maximum atomic E-state index is 10.6. The fourth-order valence-corrected chi connectivity index (χ4v) is 2.37. The first-order valence-corrected chi connectivity index (χ1v) is 7.32. The molecule has 4 nitrogen and oxygen atoms in total. The summed E-state index contributed by atoms with van der Waals surface area (Å²) < 4.78 is 10.8. The van der Waals surface area contributed by atoms with Gasteiger partial charge >= 0.3 is 5.97 Å². The van der Waals surface area contributed by atoms with Crippen molar-refractivity contribution in [1.82, 2.24) is 0 Å². The lowest BCUT2D eigenvalue weighted by atomic mass is 9.97. The number of ether oxygens (including phenoxy) is 1. The second-order valence-corrected chi connectivity index (χ2v) is 4.75. The zero-order valence-corrected chi connectivity index (χ0v) is 12.7. The molecule has 0 unspecified atom stereocenters. The highest BCUT2D eigenvalue weighted by Crippen LogP contribution is 2.40. The Bertz CT molecular complexity index is 512. The number of carbonyl (C=O) groups is 1. The van der Waals surface area contributed by atoms with Gasteiger partial charge in [0.25, 0.3) is 0 Å². The van der Waals surface area contributed by atoms with Crippen LogP contribution in [0.2, 0.25) is 0 Å². The number of hydrogen-bond donors (Lipinski definition) is 2. The van der Waals surface area contributed by atoms with E-state index in [9.17, 15) is 4.79 Å². The van der Waals surface area contributed by atoms with Crippen LogP contribution in [0.25, 0.3) is 6.08 Å². The van der Waals surface area contributed by atoms with Gasteiger partial charge in [0.2, 0.25) is 0 Å². The SMILES string of the molecule is C=Cc1c(C)c(OCC(=O)O)c(C)c(C)c1OSS. The summed E-state index contributed by atoms with van der Waals surface area (Å²) in [5, 5.41) is 8.71. The molecule has 0 aliphatic heterocycles. The Balaban J connectivity index is 3.37. The molecule has 0 aromatic heterocycles. The van der Waals surface area contributed by atoms with E-state index in [4.69, 9.17) is 14.0 Å². The van der Waals surface area contributed by atoms with Crippen LogP contribution in [0.4, 0.5) is 0 Å². The minimum Gasteiger partial charge on any atom is -0.481 e. The van der Waals surface area contributed by atoms with Gasteiger partial charge in [-0.1, -0.05) is 24.3 Å². The molecule has 104 valence electrons. The molecule has 0 heterocycles. The Hall–Kier alpha value is -1.27. The smallest absolute Gasteiger partial charge is 0.341 e. The number of thiol groups is 1. The van der Waals surface area contributed by atoms with E-state index in [0.29, 0.717) is 11.5 Å². The van der Waals surface area contributed by atoms with Crippen LogP contribution in [0.3, 0.4) is 0 Å². The summed E-state index contributed by atoms with van der Waals surface area (Å²) in [6.45, 7) is 8.97. The van der Waals surface area contributed by atoms with Crippen LogP contribution in [0.1, 0.15) is 22.3 Å². The molecule has 1 aromatic carbocycles. The summed E-state index contributed by atoms with van der Waals surface area (Å²) in [6, 6.07) is 0. The Kier molecular flexibility index (Phi) is 5.62. The minimum absolute atomic E-state index is 0.376. The van der Waals surface area contributed by atoms with Crippen molar-refractivity contribution < 1.29 is 18.8 Å². The van der Waals surface area contributed by atoms with Crippen LogP contribution < -0.4 is 8.92 Å². The first-order valence-electron chi connectivity index (χ1n) is 5.52. The Morgan fingerprint density at radius 3 is 2.37 bits per heavy atom. The normalized spacial score (nSPS) is 10.1. The highest BCUT2D eigenvalue weighted by atomic mass is 33.1. The van der Waals surface area contributed by atoms with E-state index in [-0.39, 0.29) is 6.61 Å². The fraction of sp³-hybridized carbons (Fsp3) is 0.308. The van der Waals surface area contributed by atoms with Crippen LogP contribution in [-0.4, -0.2) is 17.7 Å². The van der Waals surface area contributed by atoms with E-state index >= 15 is 0 Å². The topological polar surface area (TPSA) is 55.8 Å². The lowest BCUT2D eigenvalue weighted by molar-refractivity contribution is -0.139. The molecule has 1 rings (SSSR count). The number of aliphatic carboxylic acids is 1. The standard InChI is InChI=1S/C13H16O4S2/c1-5-10-9(4)12(16-6-11(14)15)7(2)8(3)13(10)17-19-18/h5,18H,1,6H2,2-4H3,(H,14,15). The van der Waals surface area contributed by atoms with E-state index in [0.717, 1.165) is 33.3 Å². The molecule has 0 spiro atoms. The van der Waals surface area contributed by atoms with E-state index in [1.165, 1.54) is 0 Å². The van der Waals surface area contributed by atoms with Crippen LogP contribution in [0.15, 0.2) is 6.58 Å². The molecule has 0 amide bonds. The third-order valence-corrected chi connectivity index (χ3v) is 3.36. The van der Waals surface area contributed by atoms with Crippen molar-refractivity contribution in [3.8, 4) is 11.5 Å². The average molecular weight is 300 g/mol. The Labute approximate surface area is 121 Å². The first-order chi connectivity index (χ1) is 8.93. The number of hydrogen-bond acceptors (Lipinski definition) is 5. The summed E-state index contributed by atoms with van der Waals surface area (Å²) in [4.78, 5) is 10.6. The summed E-state index contributed by atoms with van der Waals surface area (Å²) >= 11 is 4.93. The van der Waals surface area contributed by atoms with E-state index < -0.39 is 5.97 Å². The molecule has 0 bridgehead atoms. The molecule has 0 atom stereocenters. The molecular weight excluding hydrogens is 284 g/mol. The van der Waals surface area contributed by atoms with Gasteiger partial charge in [0.15, 0.2) is 6.61 Å².